The van der Waals surface area contributed by atoms with E-state index in [2.05, 4.69) is 15.8 Å². The van der Waals surface area contributed by atoms with Crippen LogP contribution in [0.5, 0.6) is 5.75 Å². The first-order chi connectivity index (χ1) is 14.0. The van der Waals surface area contributed by atoms with Gasteiger partial charge < -0.3 is 9.15 Å². The van der Waals surface area contributed by atoms with Gasteiger partial charge >= 0.3 is 0 Å². The van der Waals surface area contributed by atoms with Gasteiger partial charge in [-0.1, -0.05) is 30.3 Å². The average molecular weight is 393 g/mol. The molecule has 3 rings (SSSR count). The van der Waals surface area contributed by atoms with Gasteiger partial charge in [0.15, 0.2) is 11.7 Å². The quantitative estimate of drug-likeness (QED) is 0.599. The summed E-state index contributed by atoms with van der Waals surface area (Å²) < 4.78 is 11.2. The van der Waals surface area contributed by atoms with E-state index in [9.17, 15) is 9.59 Å². The van der Waals surface area contributed by atoms with Crippen LogP contribution < -0.4 is 15.6 Å². The van der Waals surface area contributed by atoms with Gasteiger partial charge in [0, 0.05) is 24.0 Å². The van der Waals surface area contributed by atoms with E-state index in [1.807, 2.05) is 44.2 Å². The Morgan fingerprint density at radius 1 is 1.03 bits per heavy atom. The first-order valence-corrected chi connectivity index (χ1v) is 9.37. The lowest BCUT2D eigenvalue weighted by molar-refractivity contribution is -0.121. The van der Waals surface area contributed by atoms with Gasteiger partial charge in [-0.25, -0.2) is 4.98 Å². The number of hydrogen-bond acceptors (Lipinski definition) is 5. The number of ether oxygens (including phenoxy) is 1. The third kappa shape index (κ3) is 5.93. The van der Waals surface area contributed by atoms with E-state index >= 15 is 0 Å². The number of hydrazine groups is 1. The summed E-state index contributed by atoms with van der Waals surface area (Å²) in [5.41, 5.74) is 6.14. The van der Waals surface area contributed by atoms with Crippen LogP contribution in [0.2, 0.25) is 0 Å². The number of aryl methyl sites for hydroxylation is 1. The molecule has 0 spiro atoms. The van der Waals surface area contributed by atoms with Crippen molar-refractivity contribution in [3.05, 3.63) is 72.2 Å². The van der Waals surface area contributed by atoms with Gasteiger partial charge in [0.05, 0.1) is 12.3 Å². The number of carbonyl (C=O) groups excluding carboxylic acids is 2. The molecule has 150 valence electrons. The highest BCUT2D eigenvalue weighted by molar-refractivity contribution is 5.95. The number of hydrogen-bond donors (Lipinski definition) is 2. The van der Waals surface area contributed by atoms with Crippen molar-refractivity contribution in [1.29, 1.82) is 0 Å². The predicted octanol–water partition coefficient (Wildman–Crippen LogP) is 3.52. The highest BCUT2D eigenvalue weighted by Crippen LogP contribution is 2.20. The maximum absolute atomic E-state index is 12.1. The molecule has 3 aromatic rings. The molecule has 0 aliphatic rings. The van der Waals surface area contributed by atoms with Crippen LogP contribution in [0.1, 0.15) is 36.5 Å². The molecule has 0 radical (unpaired) electrons. The molecule has 29 heavy (non-hydrogen) atoms. The monoisotopic (exact) mass is 393 g/mol. The molecule has 0 atom stereocenters. The summed E-state index contributed by atoms with van der Waals surface area (Å²) in [4.78, 5) is 28.3. The van der Waals surface area contributed by atoms with Crippen LogP contribution in [-0.4, -0.2) is 22.9 Å². The standard InChI is InChI=1S/C22H23N3O4/c1-15(2)28-18-10-8-17(9-11-18)22(27)25-24-20(26)12-13-21-23-14-19(29-21)16-6-4-3-5-7-16/h3-11,14-15H,12-13H2,1-2H3,(H,24,26)(H,25,27). The van der Waals surface area contributed by atoms with E-state index in [0.717, 1.165) is 5.56 Å². The summed E-state index contributed by atoms with van der Waals surface area (Å²) in [6.07, 6.45) is 2.16. The Kier molecular flexibility index (Phi) is 6.63. The topological polar surface area (TPSA) is 93.5 Å². The zero-order chi connectivity index (χ0) is 20.6. The SMILES string of the molecule is CC(C)Oc1ccc(C(=O)NNC(=O)CCc2ncc(-c3ccccc3)o2)cc1. The summed E-state index contributed by atoms with van der Waals surface area (Å²) in [6, 6.07) is 16.3. The highest BCUT2D eigenvalue weighted by atomic mass is 16.5. The molecule has 1 heterocycles. The van der Waals surface area contributed by atoms with Gasteiger partial charge in [-0.3, -0.25) is 20.4 Å². The van der Waals surface area contributed by atoms with Gasteiger partial charge in [0.2, 0.25) is 5.91 Å². The van der Waals surface area contributed by atoms with E-state index in [1.165, 1.54) is 0 Å². The summed E-state index contributed by atoms with van der Waals surface area (Å²) in [6.45, 7) is 3.85. The molecule has 0 fully saturated rings. The zero-order valence-corrected chi connectivity index (χ0v) is 16.3. The van der Waals surface area contributed by atoms with Crippen LogP contribution in [-0.2, 0) is 11.2 Å². The molecule has 0 saturated heterocycles. The highest BCUT2D eigenvalue weighted by Gasteiger charge is 2.11. The number of nitrogens with zero attached hydrogens (tertiary/aromatic N) is 1. The van der Waals surface area contributed by atoms with E-state index in [4.69, 9.17) is 9.15 Å². The van der Waals surface area contributed by atoms with Gasteiger partial charge in [0.25, 0.3) is 5.91 Å². The number of carbonyl (C=O) groups is 2. The Labute approximate surface area is 169 Å². The summed E-state index contributed by atoms with van der Waals surface area (Å²) >= 11 is 0. The smallest absolute Gasteiger partial charge is 0.269 e. The fourth-order valence-electron chi connectivity index (χ4n) is 2.60. The number of benzene rings is 2. The van der Waals surface area contributed by atoms with Gasteiger partial charge in [0.1, 0.15) is 5.75 Å². The largest absolute Gasteiger partial charge is 0.491 e. The van der Waals surface area contributed by atoms with Crippen molar-refractivity contribution in [3.63, 3.8) is 0 Å². The lowest BCUT2D eigenvalue weighted by Crippen LogP contribution is -2.41. The normalized spacial score (nSPS) is 10.6. The van der Waals surface area contributed by atoms with Crippen molar-refractivity contribution < 1.29 is 18.7 Å². The molecule has 1 aromatic heterocycles. The van der Waals surface area contributed by atoms with Crippen molar-refractivity contribution in [3.8, 4) is 17.1 Å². The molecule has 0 aliphatic carbocycles. The second-order valence-electron chi connectivity index (χ2n) is 6.68. The van der Waals surface area contributed by atoms with Crippen LogP contribution >= 0.6 is 0 Å². The molecular formula is C22H23N3O4. The average Bonchev–Trinajstić information content (AvgIpc) is 3.20. The van der Waals surface area contributed by atoms with Crippen LogP contribution in [0.4, 0.5) is 0 Å². The summed E-state index contributed by atoms with van der Waals surface area (Å²) in [5, 5.41) is 0. The fraction of sp³-hybridized carbons (Fsp3) is 0.227. The third-order valence-electron chi connectivity index (χ3n) is 3.98. The Morgan fingerprint density at radius 2 is 1.76 bits per heavy atom. The minimum Gasteiger partial charge on any atom is -0.491 e. The van der Waals surface area contributed by atoms with Crippen LogP contribution in [0, 0.1) is 0 Å². The van der Waals surface area contributed by atoms with Gasteiger partial charge in [-0.05, 0) is 38.1 Å². The molecule has 0 saturated carbocycles. The Balaban J connectivity index is 1.44. The fourth-order valence-corrected chi connectivity index (χ4v) is 2.60. The first-order valence-electron chi connectivity index (χ1n) is 9.37. The Morgan fingerprint density at radius 3 is 2.45 bits per heavy atom. The molecule has 0 aliphatic heterocycles. The third-order valence-corrected chi connectivity index (χ3v) is 3.98. The number of rotatable bonds is 7. The van der Waals surface area contributed by atoms with Gasteiger partial charge in [-0.15, -0.1) is 0 Å². The molecule has 2 amide bonds. The van der Waals surface area contributed by atoms with E-state index in [0.29, 0.717) is 29.4 Å². The first kappa shape index (κ1) is 20.1. The van der Waals surface area contributed by atoms with Crippen molar-refractivity contribution in [1.82, 2.24) is 15.8 Å². The summed E-state index contributed by atoms with van der Waals surface area (Å²) in [5.74, 6) is 1.06. The van der Waals surface area contributed by atoms with E-state index in [1.54, 1.807) is 30.5 Å². The molecular weight excluding hydrogens is 370 g/mol. The molecule has 0 bridgehead atoms. The zero-order valence-electron chi connectivity index (χ0n) is 16.3. The van der Waals surface area contributed by atoms with Crippen molar-refractivity contribution in [2.75, 3.05) is 0 Å². The minimum atomic E-state index is -0.406. The number of nitrogens with one attached hydrogen (secondary N) is 2. The molecule has 2 N–H and O–H groups in total. The van der Waals surface area contributed by atoms with E-state index < -0.39 is 5.91 Å². The lowest BCUT2D eigenvalue weighted by Gasteiger charge is -2.10. The maximum atomic E-state index is 12.1. The summed E-state index contributed by atoms with van der Waals surface area (Å²) in [7, 11) is 0. The van der Waals surface area contributed by atoms with Crippen molar-refractivity contribution in [2.24, 2.45) is 0 Å². The van der Waals surface area contributed by atoms with Crippen molar-refractivity contribution >= 4 is 11.8 Å². The predicted molar refractivity (Wildman–Crippen MR) is 108 cm³/mol. The van der Waals surface area contributed by atoms with Crippen LogP contribution in [0.3, 0.4) is 0 Å². The van der Waals surface area contributed by atoms with Crippen molar-refractivity contribution in [2.45, 2.75) is 32.8 Å². The Bertz CT molecular complexity index is 950. The number of aromatic nitrogens is 1. The maximum Gasteiger partial charge on any atom is 0.269 e. The molecule has 0 unspecified atom stereocenters. The lowest BCUT2D eigenvalue weighted by atomic mass is 10.2. The van der Waals surface area contributed by atoms with Crippen LogP contribution in [0.15, 0.2) is 65.2 Å². The number of amides is 2. The molecule has 7 nitrogen and oxygen atoms in total. The number of oxazole rings is 1. The van der Waals surface area contributed by atoms with E-state index in [-0.39, 0.29) is 18.4 Å². The second kappa shape index (κ2) is 9.54. The molecule has 7 heteroatoms. The minimum absolute atomic E-state index is 0.0568. The van der Waals surface area contributed by atoms with Gasteiger partial charge in [-0.2, -0.15) is 0 Å². The Hall–Kier alpha value is -3.61. The van der Waals surface area contributed by atoms with Crippen LogP contribution in [0.25, 0.3) is 11.3 Å². The molecule has 2 aromatic carbocycles. The second-order valence-corrected chi connectivity index (χ2v) is 6.68.